The molecule has 1 aliphatic rings. The molecule has 1 aliphatic heterocycles. The first-order chi connectivity index (χ1) is 9.91. The van der Waals surface area contributed by atoms with Gasteiger partial charge in [-0.2, -0.15) is 5.10 Å². The predicted molar refractivity (Wildman–Crippen MR) is 85.6 cm³/mol. The molecular formula is C14H24ClN3O2S. The second-order valence-corrected chi connectivity index (χ2v) is 8.25. The van der Waals surface area contributed by atoms with Gasteiger partial charge < -0.3 is 5.32 Å². The van der Waals surface area contributed by atoms with E-state index in [0.717, 1.165) is 42.2 Å². The third-order valence-corrected chi connectivity index (χ3v) is 6.54. The van der Waals surface area contributed by atoms with Gasteiger partial charge in [-0.15, -0.1) is 0 Å². The maximum absolute atomic E-state index is 11.7. The number of sulfone groups is 1. The van der Waals surface area contributed by atoms with Crippen LogP contribution in [0.3, 0.4) is 0 Å². The normalized spacial score (nSPS) is 22.6. The highest BCUT2D eigenvalue weighted by Crippen LogP contribution is 2.28. The van der Waals surface area contributed by atoms with Crippen molar-refractivity contribution in [1.82, 2.24) is 15.1 Å². The van der Waals surface area contributed by atoms with Crippen molar-refractivity contribution in [1.29, 1.82) is 0 Å². The van der Waals surface area contributed by atoms with Gasteiger partial charge in [0.25, 0.3) is 0 Å². The lowest BCUT2D eigenvalue weighted by Crippen LogP contribution is -2.37. The first kappa shape index (κ1) is 16.8. The molecule has 7 heteroatoms. The average Bonchev–Trinajstić information content (AvgIpc) is 2.96. The van der Waals surface area contributed by atoms with Gasteiger partial charge in [0.05, 0.1) is 27.9 Å². The standard InChI is InChI=1S/C14H24ClN3O2S/c1-4-11-14(15)13(18(5-2)17-11)8-12(16-3)10-6-7-21(19,20)9-10/h10,12,16H,4-9H2,1-3H3. The summed E-state index contributed by atoms with van der Waals surface area (Å²) in [6.45, 7) is 4.85. The average molecular weight is 334 g/mol. The Morgan fingerprint density at radius 3 is 2.67 bits per heavy atom. The smallest absolute Gasteiger partial charge is 0.150 e. The number of aromatic nitrogens is 2. The van der Waals surface area contributed by atoms with Gasteiger partial charge in [0, 0.05) is 19.0 Å². The van der Waals surface area contributed by atoms with Gasteiger partial charge >= 0.3 is 0 Å². The number of aryl methyl sites for hydroxylation is 2. The molecule has 1 aromatic heterocycles. The fourth-order valence-corrected chi connectivity index (χ4v) is 5.29. The lowest BCUT2D eigenvalue weighted by atomic mass is 9.95. The van der Waals surface area contributed by atoms with Crippen molar-refractivity contribution in [3.63, 3.8) is 0 Å². The number of halogens is 1. The van der Waals surface area contributed by atoms with Crippen LogP contribution in [-0.2, 0) is 29.2 Å². The van der Waals surface area contributed by atoms with E-state index in [2.05, 4.69) is 10.4 Å². The molecule has 2 unspecified atom stereocenters. The third-order valence-electron chi connectivity index (χ3n) is 4.31. The Labute approximate surface area is 132 Å². The lowest BCUT2D eigenvalue weighted by Gasteiger charge is -2.22. The number of likely N-dealkylation sites (N-methyl/N-ethyl adjacent to an activating group) is 1. The Kier molecular flexibility index (Phi) is 5.33. The molecule has 0 radical (unpaired) electrons. The topological polar surface area (TPSA) is 64.0 Å². The van der Waals surface area contributed by atoms with E-state index in [9.17, 15) is 8.42 Å². The number of rotatable bonds is 6. The van der Waals surface area contributed by atoms with E-state index in [1.807, 2.05) is 25.6 Å². The number of nitrogens with one attached hydrogen (secondary N) is 1. The fraction of sp³-hybridized carbons (Fsp3) is 0.786. The molecule has 1 aromatic rings. The minimum absolute atomic E-state index is 0.117. The second kappa shape index (κ2) is 6.67. The highest BCUT2D eigenvalue weighted by atomic mass is 35.5. The molecule has 120 valence electrons. The summed E-state index contributed by atoms with van der Waals surface area (Å²) in [7, 11) is -0.978. The molecule has 0 spiro atoms. The van der Waals surface area contributed by atoms with Gasteiger partial charge in [0.1, 0.15) is 0 Å². The first-order valence-electron chi connectivity index (χ1n) is 7.53. The van der Waals surface area contributed by atoms with E-state index in [1.165, 1.54) is 0 Å². The zero-order valence-corrected chi connectivity index (χ0v) is 14.5. The second-order valence-electron chi connectivity index (χ2n) is 5.64. The fourth-order valence-electron chi connectivity index (χ4n) is 3.07. The summed E-state index contributed by atoms with van der Waals surface area (Å²) in [5, 5.41) is 8.54. The maximum Gasteiger partial charge on any atom is 0.150 e. The molecule has 0 amide bonds. The third kappa shape index (κ3) is 3.60. The van der Waals surface area contributed by atoms with Crippen molar-refractivity contribution in [3.05, 3.63) is 16.4 Å². The Morgan fingerprint density at radius 1 is 1.48 bits per heavy atom. The van der Waals surface area contributed by atoms with Crippen molar-refractivity contribution in [2.24, 2.45) is 5.92 Å². The van der Waals surface area contributed by atoms with Crippen LogP contribution in [0.1, 0.15) is 31.7 Å². The Hall–Kier alpha value is -0.590. The SMILES string of the molecule is CCc1nn(CC)c(CC(NC)C2CCS(=O)(=O)C2)c1Cl. The molecule has 0 aromatic carbocycles. The van der Waals surface area contributed by atoms with Crippen LogP contribution in [0.2, 0.25) is 5.02 Å². The quantitative estimate of drug-likeness (QED) is 0.860. The molecule has 1 fully saturated rings. The molecule has 1 saturated heterocycles. The van der Waals surface area contributed by atoms with Gasteiger partial charge in [-0.1, -0.05) is 18.5 Å². The Morgan fingerprint density at radius 2 is 2.19 bits per heavy atom. The van der Waals surface area contributed by atoms with Crippen molar-refractivity contribution in [2.75, 3.05) is 18.6 Å². The summed E-state index contributed by atoms with van der Waals surface area (Å²) in [6.07, 6.45) is 2.25. The van der Waals surface area contributed by atoms with Gasteiger partial charge in [0.15, 0.2) is 9.84 Å². The van der Waals surface area contributed by atoms with Crippen LogP contribution in [0, 0.1) is 5.92 Å². The Bertz CT molecular complexity index is 598. The van der Waals surface area contributed by atoms with Gasteiger partial charge in [-0.3, -0.25) is 4.68 Å². The van der Waals surface area contributed by atoms with Gasteiger partial charge in [0.2, 0.25) is 0 Å². The van der Waals surface area contributed by atoms with Crippen LogP contribution in [0.5, 0.6) is 0 Å². The molecule has 2 heterocycles. The van der Waals surface area contributed by atoms with Crippen molar-refractivity contribution in [2.45, 2.75) is 45.7 Å². The summed E-state index contributed by atoms with van der Waals surface area (Å²) in [5.41, 5.74) is 1.93. The van der Waals surface area contributed by atoms with E-state index in [-0.39, 0.29) is 17.7 Å². The highest BCUT2D eigenvalue weighted by Gasteiger charge is 2.34. The van der Waals surface area contributed by atoms with E-state index < -0.39 is 9.84 Å². The van der Waals surface area contributed by atoms with Gasteiger partial charge in [-0.05, 0) is 32.7 Å². The van der Waals surface area contributed by atoms with E-state index >= 15 is 0 Å². The molecule has 0 bridgehead atoms. The summed E-state index contributed by atoms with van der Waals surface area (Å²) in [4.78, 5) is 0. The first-order valence-corrected chi connectivity index (χ1v) is 9.73. The summed E-state index contributed by atoms with van der Waals surface area (Å²) >= 11 is 6.44. The van der Waals surface area contributed by atoms with Crippen LogP contribution in [-0.4, -0.2) is 42.8 Å². The zero-order valence-electron chi connectivity index (χ0n) is 12.9. The van der Waals surface area contributed by atoms with Gasteiger partial charge in [-0.25, -0.2) is 8.42 Å². The minimum atomic E-state index is -2.86. The van der Waals surface area contributed by atoms with Crippen LogP contribution < -0.4 is 5.32 Å². The molecule has 0 aliphatic carbocycles. The molecule has 1 N–H and O–H groups in total. The largest absolute Gasteiger partial charge is 0.316 e. The minimum Gasteiger partial charge on any atom is -0.316 e. The van der Waals surface area contributed by atoms with E-state index in [0.29, 0.717) is 5.75 Å². The summed E-state index contributed by atoms with van der Waals surface area (Å²) in [5.74, 6) is 0.731. The number of hydrogen-bond acceptors (Lipinski definition) is 4. The van der Waals surface area contributed by atoms with Crippen LogP contribution in [0.15, 0.2) is 0 Å². The van der Waals surface area contributed by atoms with Crippen molar-refractivity contribution < 1.29 is 8.42 Å². The maximum atomic E-state index is 11.7. The van der Waals surface area contributed by atoms with Crippen molar-refractivity contribution >= 4 is 21.4 Å². The lowest BCUT2D eigenvalue weighted by molar-refractivity contribution is 0.393. The molecule has 5 nitrogen and oxygen atoms in total. The zero-order chi connectivity index (χ0) is 15.6. The molecule has 2 rings (SSSR count). The Balaban J connectivity index is 2.21. The van der Waals surface area contributed by atoms with Crippen LogP contribution in [0.4, 0.5) is 0 Å². The van der Waals surface area contributed by atoms with Crippen molar-refractivity contribution in [3.8, 4) is 0 Å². The highest BCUT2D eigenvalue weighted by molar-refractivity contribution is 7.91. The van der Waals surface area contributed by atoms with E-state index in [4.69, 9.17) is 11.6 Å². The monoisotopic (exact) mass is 333 g/mol. The molecule has 0 saturated carbocycles. The molecular weight excluding hydrogens is 310 g/mol. The van der Waals surface area contributed by atoms with E-state index in [1.54, 1.807) is 0 Å². The van der Waals surface area contributed by atoms with Crippen LogP contribution in [0.25, 0.3) is 0 Å². The molecule has 2 atom stereocenters. The predicted octanol–water partition coefficient (Wildman–Crippen LogP) is 1.68. The number of hydrogen-bond donors (Lipinski definition) is 1. The summed E-state index contributed by atoms with van der Waals surface area (Å²) < 4.78 is 25.3. The molecule has 21 heavy (non-hydrogen) atoms. The summed E-state index contributed by atoms with van der Waals surface area (Å²) in [6, 6.07) is 0.117. The number of nitrogens with zero attached hydrogens (tertiary/aromatic N) is 2. The van der Waals surface area contributed by atoms with Crippen LogP contribution >= 0.6 is 11.6 Å².